The van der Waals surface area contributed by atoms with Gasteiger partial charge in [0, 0.05) is 30.2 Å². The lowest BCUT2D eigenvalue weighted by molar-refractivity contribution is -0.117. The average Bonchev–Trinajstić information content (AvgIpc) is 2.43. The van der Waals surface area contributed by atoms with Crippen molar-refractivity contribution in [2.24, 2.45) is 0 Å². The molecule has 0 fully saturated rings. The molecule has 1 aromatic rings. The number of nitrogens with one attached hydrogen (secondary N) is 2. The van der Waals surface area contributed by atoms with Gasteiger partial charge in [-0.1, -0.05) is 23.7 Å². The highest BCUT2D eigenvalue weighted by Gasteiger charge is 2.06. The molecule has 0 atom stereocenters. The molecule has 0 aliphatic rings. The van der Waals surface area contributed by atoms with Crippen LogP contribution < -0.4 is 10.6 Å². The van der Waals surface area contributed by atoms with Crippen molar-refractivity contribution in [2.45, 2.75) is 6.54 Å². The van der Waals surface area contributed by atoms with Crippen LogP contribution in [-0.2, 0) is 11.3 Å². The standard InChI is InChI=1S/C13H13Cl2N3O/c14-5-6-18-13(19)11(7-16)9-17-8-10-1-3-12(15)4-2-10/h1-4,9,17H,5-6,8H2,(H,18,19)/b11-9-. The van der Waals surface area contributed by atoms with Crippen LogP contribution in [0, 0.1) is 11.3 Å². The fourth-order valence-electron chi connectivity index (χ4n) is 1.28. The summed E-state index contributed by atoms with van der Waals surface area (Å²) in [6.45, 7) is 0.835. The molecule has 1 aromatic carbocycles. The largest absolute Gasteiger partial charge is 0.386 e. The summed E-state index contributed by atoms with van der Waals surface area (Å²) in [4.78, 5) is 11.5. The second kappa shape index (κ2) is 8.41. The molecule has 0 radical (unpaired) electrons. The second-order valence-electron chi connectivity index (χ2n) is 3.62. The topological polar surface area (TPSA) is 64.9 Å². The van der Waals surface area contributed by atoms with Gasteiger partial charge in [0.25, 0.3) is 5.91 Å². The fraction of sp³-hybridized carbons (Fsp3) is 0.231. The number of rotatable bonds is 6. The van der Waals surface area contributed by atoms with Gasteiger partial charge in [-0.2, -0.15) is 5.26 Å². The molecule has 100 valence electrons. The maximum atomic E-state index is 11.5. The van der Waals surface area contributed by atoms with Gasteiger partial charge in [-0.05, 0) is 17.7 Å². The van der Waals surface area contributed by atoms with Gasteiger partial charge in [0.2, 0.25) is 0 Å². The van der Waals surface area contributed by atoms with Crippen LogP contribution in [0.4, 0.5) is 0 Å². The van der Waals surface area contributed by atoms with Gasteiger partial charge in [0.15, 0.2) is 0 Å². The van der Waals surface area contributed by atoms with E-state index in [1.54, 1.807) is 12.1 Å². The predicted octanol–water partition coefficient (Wildman–Crippen LogP) is 2.19. The molecular weight excluding hydrogens is 285 g/mol. The Labute approximate surface area is 122 Å². The van der Waals surface area contributed by atoms with Crippen molar-refractivity contribution in [2.75, 3.05) is 12.4 Å². The molecule has 19 heavy (non-hydrogen) atoms. The van der Waals surface area contributed by atoms with E-state index in [1.807, 2.05) is 18.2 Å². The van der Waals surface area contributed by atoms with Gasteiger partial charge in [0.05, 0.1) is 0 Å². The molecule has 0 spiro atoms. The lowest BCUT2D eigenvalue weighted by Crippen LogP contribution is -2.27. The Balaban J connectivity index is 2.51. The third-order valence-electron chi connectivity index (χ3n) is 2.21. The number of hydrogen-bond acceptors (Lipinski definition) is 3. The van der Waals surface area contributed by atoms with Gasteiger partial charge in [-0.3, -0.25) is 4.79 Å². The van der Waals surface area contributed by atoms with E-state index in [4.69, 9.17) is 28.5 Å². The zero-order chi connectivity index (χ0) is 14.1. The van der Waals surface area contributed by atoms with Crippen molar-refractivity contribution in [3.63, 3.8) is 0 Å². The Morgan fingerprint density at radius 2 is 2.05 bits per heavy atom. The minimum absolute atomic E-state index is 0.0130. The Kier molecular flexibility index (Phi) is 6.80. The van der Waals surface area contributed by atoms with Crippen molar-refractivity contribution < 1.29 is 4.79 Å². The summed E-state index contributed by atoms with van der Waals surface area (Å²) < 4.78 is 0. The maximum Gasteiger partial charge on any atom is 0.263 e. The van der Waals surface area contributed by atoms with Crippen LogP contribution in [0.1, 0.15) is 5.56 Å². The number of alkyl halides is 1. The van der Waals surface area contributed by atoms with Gasteiger partial charge in [-0.25, -0.2) is 0 Å². The molecule has 4 nitrogen and oxygen atoms in total. The number of halogens is 2. The highest BCUT2D eigenvalue weighted by atomic mass is 35.5. The van der Waals surface area contributed by atoms with Gasteiger partial charge in [-0.15, -0.1) is 11.6 Å². The number of nitriles is 1. The van der Waals surface area contributed by atoms with E-state index in [1.165, 1.54) is 6.20 Å². The minimum atomic E-state index is -0.438. The molecule has 6 heteroatoms. The van der Waals surface area contributed by atoms with Crippen LogP contribution in [0.3, 0.4) is 0 Å². The Morgan fingerprint density at radius 1 is 1.37 bits per heavy atom. The van der Waals surface area contributed by atoms with E-state index in [0.29, 0.717) is 24.0 Å². The third-order valence-corrected chi connectivity index (χ3v) is 2.65. The van der Waals surface area contributed by atoms with Crippen molar-refractivity contribution in [3.8, 4) is 6.07 Å². The molecule has 0 saturated carbocycles. The van der Waals surface area contributed by atoms with Gasteiger partial charge >= 0.3 is 0 Å². The van der Waals surface area contributed by atoms with Gasteiger partial charge < -0.3 is 10.6 Å². The SMILES string of the molecule is N#C/C(=C/NCc1ccc(Cl)cc1)C(=O)NCCCl. The van der Waals surface area contributed by atoms with Crippen LogP contribution in [0.2, 0.25) is 5.02 Å². The first-order chi connectivity index (χ1) is 9.17. The van der Waals surface area contributed by atoms with E-state index in [2.05, 4.69) is 10.6 Å². The van der Waals surface area contributed by atoms with Crippen molar-refractivity contribution in [1.29, 1.82) is 5.26 Å². The number of benzene rings is 1. The fourth-order valence-corrected chi connectivity index (χ4v) is 1.50. The van der Waals surface area contributed by atoms with Crippen LogP contribution in [0.15, 0.2) is 36.0 Å². The van der Waals surface area contributed by atoms with Crippen molar-refractivity contribution >= 4 is 29.1 Å². The summed E-state index contributed by atoms with van der Waals surface area (Å²) in [6.07, 6.45) is 1.39. The maximum absolute atomic E-state index is 11.5. The zero-order valence-corrected chi connectivity index (χ0v) is 11.6. The number of hydrogen-bond donors (Lipinski definition) is 2. The average molecular weight is 298 g/mol. The van der Waals surface area contributed by atoms with E-state index in [9.17, 15) is 4.79 Å². The van der Waals surface area contributed by atoms with Crippen molar-refractivity contribution in [1.82, 2.24) is 10.6 Å². The normalized spacial score (nSPS) is 10.7. The van der Waals surface area contributed by atoms with Crippen LogP contribution >= 0.6 is 23.2 Å². The van der Waals surface area contributed by atoms with E-state index < -0.39 is 5.91 Å². The highest BCUT2D eigenvalue weighted by molar-refractivity contribution is 6.30. The first kappa shape index (κ1) is 15.4. The number of carbonyl (C=O) groups is 1. The van der Waals surface area contributed by atoms with Crippen LogP contribution in [0.5, 0.6) is 0 Å². The summed E-state index contributed by atoms with van der Waals surface area (Å²) >= 11 is 11.2. The third kappa shape index (κ3) is 5.64. The molecule has 0 aliphatic heterocycles. The molecule has 0 aliphatic carbocycles. The van der Waals surface area contributed by atoms with E-state index in [0.717, 1.165) is 5.56 Å². The first-order valence-corrected chi connectivity index (χ1v) is 6.51. The Bertz CT molecular complexity index is 492. The van der Waals surface area contributed by atoms with Gasteiger partial charge in [0.1, 0.15) is 11.6 Å². The lowest BCUT2D eigenvalue weighted by Gasteiger charge is -2.04. The molecule has 0 aromatic heterocycles. The number of amides is 1. The summed E-state index contributed by atoms with van der Waals surface area (Å²) in [7, 11) is 0. The minimum Gasteiger partial charge on any atom is -0.386 e. The highest BCUT2D eigenvalue weighted by Crippen LogP contribution is 2.09. The number of nitrogens with zero attached hydrogens (tertiary/aromatic N) is 1. The molecule has 1 amide bonds. The lowest BCUT2D eigenvalue weighted by atomic mass is 10.2. The smallest absolute Gasteiger partial charge is 0.263 e. The molecule has 0 saturated heterocycles. The van der Waals surface area contributed by atoms with Crippen LogP contribution in [0.25, 0.3) is 0 Å². The molecule has 0 bridgehead atoms. The Hall–Kier alpha value is -1.70. The molecule has 0 unspecified atom stereocenters. The number of carbonyl (C=O) groups excluding carboxylic acids is 1. The monoisotopic (exact) mass is 297 g/mol. The summed E-state index contributed by atoms with van der Waals surface area (Å²) in [5.74, 6) is -0.130. The van der Waals surface area contributed by atoms with E-state index in [-0.39, 0.29) is 5.57 Å². The quantitative estimate of drug-likeness (QED) is 0.481. The molecule has 1 rings (SSSR count). The first-order valence-electron chi connectivity index (χ1n) is 5.59. The molecular formula is C13H13Cl2N3O. The van der Waals surface area contributed by atoms with Crippen LogP contribution in [-0.4, -0.2) is 18.3 Å². The molecule has 2 N–H and O–H groups in total. The summed E-state index contributed by atoms with van der Waals surface area (Å²) in [6, 6.07) is 9.11. The predicted molar refractivity (Wildman–Crippen MR) is 75.7 cm³/mol. The second-order valence-corrected chi connectivity index (χ2v) is 4.44. The summed E-state index contributed by atoms with van der Waals surface area (Å²) in [5.41, 5.74) is 1.01. The van der Waals surface area contributed by atoms with E-state index >= 15 is 0 Å². The molecule has 0 heterocycles. The zero-order valence-electron chi connectivity index (χ0n) is 10.1. The Morgan fingerprint density at radius 3 is 2.63 bits per heavy atom. The summed E-state index contributed by atoms with van der Waals surface area (Å²) in [5, 5.41) is 15.0. The van der Waals surface area contributed by atoms with Crippen molar-refractivity contribution in [3.05, 3.63) is 46.6 Å².